The monoisotopic (exact) mass is 276 g/mol. The van der Waals surface area contributed by atoms with Crippen molar-refractivity contribution in [1.82, 2.24) is 4.90 Å². The molecule has 4 heteroatoms. The average molecular weight is 277 g/mol. The van der Waals surface area contributed by atoms with Crippen LogP contribution in [-0.4, -0.2) is 23.9 Å². The molecule has 1 heterocycles. The molecule has 0 atom stereocenters. The normalized spacial score (nSPS) is 17.8. The van der Waals surface area contributed by atoms with Crippen LogP contribution in [-0.2, 0) is 11.2 Å². The summed E-state index contributed by atoms with van der Waals surface area (Å²) in [5.74, 6) is 0.0908. The van der Waals surface area contributed by atoms with Crippen molar-refractivity contribution < 1.29 is 4.79 Å². The number of hydrogen-bond donors (Lipinski definition) is 0. The van der Waals surface area contributed by atoms with Crippen molar-refractivity contribution in [2.75, 3.05) is 13.1 Å². The van der Waals surface area contributed by atoms with Crippen LogP contribution in [0.1, 0.15) is 25.3 Å². The molecule has 0 N–H and O–H groups in total. The molecule has 0 saturated carbocycles. The Kier molecular flexibility index (Phi) is 4.11. The average Bonchev–Trinajstić information content (AvgIpc) is 2.42. The Morgan fingerprint density at radius 2 is 2.05 bits per heavy atom. The minimum Gasteiger partial charge on any atom is -0.342 e. The first kappa shape index (κ1) is 13.9. The second-order valence-corrected chi connectivity index (χ2v) is 5.73. The van der Waals surface area contributed by atoms with E-state index in [9.17, 15) is 4.79 Å². The molecule has 0 radical (unpaired) electrons. The molecule has 1 amide bonds. The predicted octanol–water partition coefficient (Wildman–Crippen LogP) is 3.03. The largest absolute Gasteiger partial charge is 0.342 e. The Morgan fingerprint density at radius 1 is 1.42 bits per heavy atom. The Hall–Kier alpha value is -1.53. The lowest BCUT2D eigenvalue weighted by Crippen LogP contribution is -2.42. The highest BCUT2D eigenvalue weighted by atomic mass is 35.5. The topological polar surface area (TPSA) is 44.1 Å². The molecular weight excluding hydrogens is 260 g/mol. The van der Waals surface area contributed by atoms with Gasteiger partial charge in [0, 0.05) is 18.1 Å². The zero-order valence-electron chi connectivity index (χ0n) is 11.0. The lowest BCUT2D eigenvalue weighted by Gasteiger charge is -2.35. The molecule has 0 unspecified atom stereocenters. The van der Waals surface area contributed by atoms with E-state index >= 15 is 0 Å². The Balaban J connectivity index is 1.96. The van der Waals surface area contributed by atoms with Gasteiger partial charge in [-0.1, -0.05) is 29.8 Å². The highest BCUT2D eigenvalue weighted by Crippen LogP contribution is 2.30. The van der Waals surface area contributed by atoms with Gasteiger partial charge < -0.3 is 4.90 Å². The van der Waals surface area contributed by atoms with Crippen molar-refractivity contribution in [3.05, 3.63) is 34.9 Å². The molecule has 2 rings (SSSR count). The van der Waals surface area contributed by atoms with Gasteiger partial charge in [-0.25, -0.2) is 0 Å². The summed E-state index contributed by atoms with van der Waals surface area (Å²) in [6, 6.07) is 9.76. The van der Waals surface area contributed by atoms with Crippen LogP contribution in [0, 0.1) is 16.7 Å². The lowest BCUT2D eigenvalue weighted by atomic mass is 9.82. The summed E-state index contributed by atoms with van der Waals surface area (Å²) in [7, 11) is 0. The van der Waals surface area contributed by atoms with Crippen molar-refractivity contribution in [3.8, 4) is 6.07 Å². The van der Waals surface area contributed by atoms with Gasteiger partial charge in [-0.3, -0.25) is 4.79 Å². The molecule has 1 aromatic carbocycles. The fourth-order valence-electron chi connectivity index (χ4n) is 2.28. The van der Waals surface area contributed by atoms with Gasteiger partial charge in [0.15, 0.2) is 0 Å². The third-order valence-corrected chi connectivity index (χ3v) is 4.16. The molecule has 1 saturated heterocycles. The van der Waals surface area contributed by atoms with E-state index in [-0.39, 0.29) is 11.3 Å². The van der Waals surface area contributed by atoms with Gasteiger partial charge >= 0.3 is 0 Å². The van der Waals surface area contributed by atoms with Gasteiger partial charge in [-0.15, -0.1) is 0 Å². The van der Waals surface area contributed by atoms with Gasteiger partial charge in [0.1, 0.15) is 0 Å². The predicted molar refractivity (Wildman–Crippen MR) is 74.7 cm³/mol. The van der Waals surface area contributed by atoms with Crippen LogP contribution >= 0.6 is 11.6 Å². The maximum Gasteiger partial charge on any atom is 0.227 e. The molecule has 1 aromatic rings. The first-order valence-electron chi connectivity index (χ1n) is 6.46. The maximum absolute atomic E-state index is 12.2. The molecular formula is C15H17ClN2O. The number of amides is 1. The Morgan fingerprint density at radius 3 is 2.63 bits per heavy atom. The quantitative estimate of drug-likeness (QED) is 0.833. The summed E-state index contributed by atoms with van der Waals surface area (Å²) in [6.45, 7) is 3.28. The second-order valence-electron chi connectivity index (χ2n) is 5.32. The molecule has 100 valence electrons. The number of carbonyl (C=O) groups is 1. The molecule has 0 spiro atoms. The molecule has 3 nitrogen and oxygen atoms in total. The number of hydrogen-bond acceptors (Lipinski definition) is 2. The first-order valence-corrected chi connectivity index (χ1v) is 6.84. The number of nitriles is 1. The van der Waals surface area contributed by atoms with Crippen molar-refractivity contribution in [2.24, 2.45) is 5.41 Å². The summed E-state index contributed by atoms with van der Waals surface area (Å²) >= 11 is 6.06. The zero-order valence-corrected chi connectivity index (χ0v) is 11.8. The second kappa shape index (κ2) is 5.63. The molecule has 1 aliphatic heterocycles. The van der Waals surface area contributed by atoms with Crippen LogP contribution in [0.25, 0.3) is 0 Å². The Bertz CT molecular complexity index is 513. The third-order valence-electron chi connectivity index (χ3n) is 3.79. The van der Waals surface area contributed by atoms with E-state index in [1.54, 1.807) is 6.07 Å². The summed E-state index contributed by atoms with van der Waals surface area (Å²) in [6.07, 6.45) is 1.83. The van der Waals surface area contributed by atoms with Gasteiger partial charge in [-0.2, -0.15) is 5.26 Å². The van der Waals surface area contributed by atoms with Crippen molar-refractivity contribution >= 4 is 17.5 Å². The highest BCUT2D eigenvalue weighted by molar-refractivity contribution is 6.31. The lowest BCUT2D eigenvalue weighted by molar-refractivity contribution is -0.132. The summed E-state index contributed by atoms with van der Waals surface area (Å²) in [5, 5.41) is 9.71. The Labute approximate surface area is 118 Å². The number of nitrogens with zero attached hydrogens (tertiary/aromatic N) is 2. The van der Waals surface area contributed by atoms with Gasteiger partial charge in [-0.05, 0) is 31.4 Å². The van der Waals surface area contributed by atoms with E-state index in [1.807, 2.05) is 30.0 Å². The third kappa shape index (κ3) is 3.27. The van der Waals surface area contributed by atoms with Crippen LogP contribution in [0.15, 0.2) is 24.3 Å². The van der Waals surface area contributed by atoms with Crippen LogP contribution in [0.5, 0.6) is 0 Å². The summed E-state index contributed by atoms with van der Waals surface area (Å²) in [4.78, 5) is 14.0. The van der Waals surface area contributed by atoms with Crippen molar-refractivity contribution in [2.45, 2.75) is 26.2 Å². The van der Waals surface area contributed by atoms with E-state index in [2.05, 4.69) is 6.07 Å². The summed E-state index contributed by atoms with van der Waals surface area (Å²) < 4.78 is 0. The van der Waals surface area contributed by atoms with Gasteiger partial charge in [0.2, 0.25) is 5.91 Å². The standard InChI is InChI=1S/C15H17ClN2O/c1-15(11-17)6-8-18(9-7-15)14(19)10-12-4-2-3-5-13(12)16/h2-5H,6-10H2,1H3. The van der Waals surface area contributed by atoms with E-state index in [0.29, 0.717) is 24.5 Å². The number of halogens is 1. The molecule has 0 aliphatic carbocycles. The fraction of sp³-hybridized carbons (Fsp3) is 0.467. The maximum atomic E-state index is 12.2. The smallest absolute Gasteiger partial charge is 0.227 e. The fourth-order valence-corrected chi connectivity index (χ4v) is 2.48. The number of piperidine rings is 1. The van der Waals surface area contributed by atoms with Gasteiger partial charge in [0.25, 0.3) is 0 Å². The van der Waals surface area contributed by atoms with Crippen LogP contribution < -0.4 is 0 Å². The molecule has 0 aromatic heterocycles. The van der Waals surface area contributed by atoms with Crippen LogP contribution in [0.4, 0.5) is 0 Å². The minimum atomic E-state index is -0.277. The number of benzene rings is 1. The van der Waals surface area contributed by atoms with E-state index in [4.69, 9.17) is 16.9 Å². The van der Waals surface area contributed by atoms with Crippen LogP contribution in [0.2, 0.25) is 5.02 Å². The molecule has 1 fully saturated rings. The molecule has 19 heavy (non-hydrogen) atoms. The molecule has 0 bridgehead atoms. The van der Waals surface area contributed by atoms with E-state index in [0.717, 1.165) is 18.4 Å². The number of carbonyl (C=O) groups excluding carboxylic acids is 1. The highest BCUT2D eigenvalue weighted by Gasteiger charge is 2.31. The van der Waals surface area contributed by atoms with Crippen LogP contribution in [0.3, 0.4) is 0 Å². The number of rotatable bonds is 2. The SMILES string of the molecule is CC1(C#N)CCN(C(=O)Cc2ccccc2Cl)CC1. The van der Waals surface area contributed by atoms with Crippen molar-refractivity contribution in [3.63, 3.8) is 0 Å². The van der Waals surface area contributed by atoms with E-state index < -0.39 is 0 Å². The number of likely N-dealkylation sites (tertiary alicyclic amines) is 1. The van der Waals surface area contributed by atoms with E-state index in [1.165, 1.54) is 0 Å². The summed E-state index contributed by atoms with van der Waals surface area (Å²) in [5.41, 5.74) is 0.587. The molecule has 1 aliphatic rings. The first-order chi connectivity index (χ1) is 9.04. The minimum absolute atomic E-state index is 0.0908. The van der Waals surface area contributed by atoms with Gasteiger partial charge in [0.05, 0.1) is 17.9 Å². The van der Waals surface area contributed by atoms with Crippen molar-refractivity contribution in [1.29, 1.82) is 5.26 Å². The zero-order chi connectivity index (χ0) is 13.9.